The summed E-state index contributed by atoms with van der Waals surface area (Å²) in [5.74, 6) is 0. The Morgan fingerprint density at radius 3 is 2.86 bits per heavy atom. The van der Waals surface area contributed by atoms with Gasteiger partial charge in [-0.25, -0.2) is 4.68 Å². The zero-order valence-corrected chi connectivity index (χ0v) is 13.1. The Morgan fingerprint density at radius 1 is 1.32 bits per heavy atom. The van der Waals surface area contributed by atoms with E-state index in [0.717, 1.165) is 17.8 Å². The molecule has 1 N–H and O–H groups in total. The predicted molar refractivity (Wildman–Crippen MR) is 85.6 cm³/mol. The van der Waals surface area contributed by atoms with Gasteiger partial charge in [0.25, 0.3) is 5.56 Å². The van der Waals surface area contributed by atoms with Crippen molar-refractivity contribution in [2.45, 2.75) is 26.4 Å². The number of methoxy groups -OCH3 is 1. The summed E-state index contributed by atoms with van der Waals surface area (Å²) in [6.07, 6.45) is 2.58. The van der Waals surface area contributed by atoms with Gasteiger partial charge in [-0.3, -0.25) is 9.78 Å². The Balaban J connectivity index is 2.31. The van der Waals surface area contributed by atoms with Crippen molar-refractivity contribution < 1.29 is 4.74 Å². The minimum absolute atomic E-state index is 0.0496. The molecule has 0 spiro atoms. The van der Waals surface area contributed by atoms with E-state index in [4.69, 9.17) is 4.74 Å². The van der Waals surface area contributed by atoms with Crippen LogP contribution in [0.15, 0.2) is 35.3 Å². The van der Waals surface area contributed by atoms with E-state index in [1.165, 1.54) is 4.68 Å². The summed E-state index contributed by atoms with van der Waals surface area (Å²) in [6.45, 7) is 4.43. The van der Waals surface area contributed by atoms with Gasteiger partial charge in [-0.15, -0.1) is 0 Å². The molecule has 0 radical (unpaired) electrons. The van der Waals surface area contributed by atoms with Gasteiger partial charge in [0.15, 0.2) is 0 Å². The van der Waals surface area contributed by atoms with Crippen molar-refractivity contribution in [3.05, 3.63) is 46.4 Å². The van der Waals surface area contributed by atoms with Crippen molar-refractivity contribution in [1.29, 1.82) is 0 Å². The van der Waals surface area contributed by atoms with E-state index < -0.39 is 0 Å². The molecule has 0 aromatic carbocycles. The van der Waals surface area contributed by atoms with Crippen molar-refractivity contribution in [1.82, 2.24) is 20.1 Å². The Morgan fingerprint density at radius 2 is 2.18 bits per heavy atom. The molecule has 0 aliphatic heterocycles. The Kier molecular flexibility index (Phi) is 6.24. The van der Waals surface area contributed by atoms with E-state index in [-0.39, 0.29) is 5.56 Å². The number of nitrogens with zero attached hydrogens (tertiary/aromatic N) is 3. The van der Waals surface area contributed by atoms with E-state index in [2.05, 4.69) is 15.4 Å². The summed E-state index contributed by atoms with van der Waals surface area (Å²) >= 11 is 0. The third-order valence-corrected chi connectivity index (χ3v) is 3.21. The predicted octanol–water partition coefficient (Wildman–Crippen LogP) is 1.45. The van der Waals surface area contributed by atoms with E-state index >= 15 is 0 Å². The molecule has 6 nitrogen and oxygen atoms in total. The summed E-state index contributed by atoms with van der Waals surface area (Å²) in [4.78, 5) is 16.7. The molecule has 0 saturated carbocycles. The standard InChI is InChI=1S/C16H22N4O2/c1-3-9-20-16(21)13(12-17-8-10-22-2)11-15(19-20)14-6-4-5-7-18-14/h4-7,11,17H,3,8-10,12H2,1-2H3. The molecule has 0 aliphatic rings. The molecular weight excluding hydrogens is 280 g/mol. The Hall–Kier alpha value is -2.05. The van der Waals surface area contributed by atoms with Gasteiger partial charge in [0, 0.05) is 38.5 Å². The summed E-state index contributed by atoms with van der Waals surface area (Å²) < 4.78 is 6.52. The second kappa shape index (κ2) is 8.41. The van der Waals surface area contributed by atoms with Crippen molar-refractivity contribution >= 4 is 0 Å². The lowest BCUT2D eigenvalue weighted by Gasteiger charge is -2.10. The van der Waals surface area contributed by atoms with Crippen molar-refractivity contribution in [3.8, 4) is 11.4 Å². The van der Waals surface area contributed by atoms with Gasteiger partial charge in [-0.05, 0) is 24.6 Å². The lowest BCUT2D eigenvalue weighted by Crippen LogP contribution is -2.30. The highest BCUT2D eigenvalue weighted by Gasteiger charge is 2.10. The summed E-state index contributed by atoms with van der Waals surface area (Å²) in [5.41, 5.74) is 2.13. The molecule has 2 aromatic heterocycles. The summed E-state index contributed by atoms with van der Waals surface area (Å²) in [6, 6.07) is 7.48. The Labute approximate surface area is 130 Å². The van der Waals surface area contributed by atoms with Gasteiger partial charge in [0.2, 0.25) is 0 Å². The van der Waals surface area contributed by atoms with Crippen LogP contribution in [0.3, 0.4) is 0 Å². The first kappa shape index (κ1) is 16.3. The van der Waals surface area contributed by atoms with E-state index in [1.807, 2.05) is 31.2 Å². The number of ether oxygens (including phenoxy) is 1. The van der Waals surface area contributed by atoms with E-state index in [9.17, 15) is 4.79 Å². The van der Waals surface area contributed by atoms with Crippen LogP contribution in [0.25, 0.3) is 11.4 Å². The highest BCUT2D eigenvalue weighted by Crippen LogP contribution is 2.13. The Bertz CT molecular complexity index is 640. The summed E-state index contributed by atoms with van der Waals surface area (Å²) in [7, 11) is 1.65. The first-order valence-electron chi connectivity index (χ1n) is 7.48. The SMILES string of the molecule is CCCn1nc(-c2ccccn2)cc(CNCCOC)c1=O. The third-order valence-electron chi connectivity index (χ3n) is 3.21. The highest BCUT2D eigenvalue weighted by molar-refractivity contribution is 5.53. The molecule has 0 bridgehead atoms. The minimum atomic E-state index is -0.0496. The van der Waals surface area contributed by atoms with Crippen molar-refractivity contribution in [2.24, 2.45) is 0 Å². The second-order valence-electron chi connectivity index (χ2n) is 4.97. The van der Waals surface area contributed by atoms with Crippen LogP contribution in [-0.4, -0.2) is 35.0 Å². The fraction of sp³-hybridized carbons (Fsp3) is 0.438. The third kappa shape index (κ3) is 4.22. The zero-order valence-electron chi connectivity index (χ0n) is 13.1. The number of nitrogens with one attached hydrogen (secondary N) is 1. The molecular formula is C16H22N4O2. The number of aromatic nitrogens is 3. The maximum atomic E-state index is 12.4. The average molecular weight is 302 g/mol. The zero-order chi connectivity index (χ0) is 15.8. The molecule has 118 valence electrons. The van der Waals surface area contributed by atoms with Gasteiger partial charge in [-0.2, -0.15) is 5.10 Å². The van der Waals surface area contributed by atoms with Crippen LogP contribution in [0, 0.1) is 0 Å². The van der Waals surface area contributed by atoms with Crippen LogP contribution in [-0.2, 0) is 17.8 Å². The molecule has 2 heterocycles. The quantitative estimate of drug-likeness (QED) is 0.748. The molecule has 2 aromatic rings. The lowest BCUT2D eigenvalue weighted by molar-refractivity contribution is 0.199. The lowest BCUT2D eigenvalue weighted by atomic mass is 10.2. The first-order chi connectivity index (χ1) is 10.8. The van der Waals surface area contributed by atoms with Crippen LogP contribution in [0.5, 0.6) is 0 Å². The largest absolute Gasteiger partial charge is 0.383 e. The van der Waals surface area contributed by atoms with Crippen molar-refractivity contribution in [3.63, 3.8) is 0 Å². The minimum Gasteiger partial charge on any atom is -0.383 e. The normalized spacial score (nSPS) is 10.8. The summed E-state index contributed by atoms with van der Waals surface area (Å²) in [5, 5.41) is 7.63. The fourth-order valence-corrected chi connectivity index (χ4v) is 2.12. The monoisotopic (exact) mass is 302 g/mol. The molecule has 0 atom stereocenters. The van der Waals surface area contributed by atoms with Crippen molar-refractivity contribution in [2.75, 3.05) is 20.3 Å². The van der Waals surface area contributed by atoms with E-state index in [1.54, 1.807) is 13.3 Å². The molecule has 0 saturated heterocycles. The first-order valence-corrected chi connectivity index (χ1v) is 7.48. The van der Waals surface area contributed by atoms with Gasteiger partial charge >= 0.3 is 0 Å². The highest BCUT2D eigenvalue weighted by atomic mass is 16.5. The molecule has 0 unspecified atom stereocenters. The smallest absolute Gasteiger partial charge is 0.271 e. The second-order valence-corrected chi connectivity index (χ2v) is 4.97. The fourth-order valence-electron chi connectivity index (χ4n) is 2.12. The molecule has 0 amide bonds. The number of hydrogen-bond donors (Lipinski definition) is 1. The van der Waals surface area contributed by atoms with Crippen LogP contribution in [0.1, 0.15) is 18.9 Å². The van der Waals surface area contributed by atoms with Gasteiger partial charge in [0.05, 0.1) is 12.3 Å². The molecule has 22 heavy (non-hydrogen) atoms. The average Bonchev–Trinajstić information content (AvgIpc) is 2.55. The molecule has 0 aliphatic carbocycles. The topological polar surface area (TPSA) is 69.0 Å². The maximum Gasteiger partial charge on any atom is 0.271 e. The van der Waals surface area contributed by atoms with Crippen LogP contribution >= 0.6 is 0 Å². The molecule has 0 fully saturated rings. The van der Waals surface area contributed by atoms with E-state index in [0.29, 0.717) is 31.8 Å². The number of hydrogen-bond acceptors (Lipinski definition) is 5. The van der Waals surface area contributed by atoms with Gasteiger partial charge in [-0.1, -0.05) is 13.0 Å². The number of rotatable bonds is 8. The molecule has 6 heteroatoms. The van der Waals surface area contributed by atoms with Crippen LogP contribution in [0.4, 0.5) is 0 Å². The van der Waals surface area contributed by atoms with Gasteiger partial charge < -0.3 is 10.1 Å². The van der Waals surface area contributed by atoms with Crippen LogP contribution < -0.4 is 10.9 Å². The van der Waals surface area contributed by atoms with Crippen LogP contribution in [0.2, 0.25) is 0 Å². The number of aryl methyl sites for hydroxylation is 1. The van der Waals surface area contributed by atoms with Gasteiger partial charge in [0.1, 0.15) is 5.69 Å². The maximum absolute atomic E-state index is 12.4. The molecule has 2 rings (SSSR count). The number of pyridine rings is 1.